The number of benzene rings is 1. The molecule has 0 aromatic heterocycles. The lowest BCUT2D eigenvalue weighted by Gasteiger charge is -2.20. The maximum Gasteiger partial charge on any atom is 0.321 e. The molecule has 0 unspecified atom stereocenters. The second-order valence-electron chi connectivity index (χ2n) is 4.48. The van der Waals surface area contributed by atoms with Gasteiger partial charge in [-0.2, -0.15) is 0 Å². The van der Waals surface area contributed by atoms with Crippen molar-refractivity contribution in [3.05, 3.63) is 18.2 Å². The third kappa shape index (κ3) is 2.20. The summed E-state index contributed by atoms with van der Waals surface area (Å²) < 4.78 is 10.9. The Balaban J connectivity index is 1.70. The van der Waals surface area contributed by atoms with E-state index in [1.165, 1.54) is 0 Å². The van der Waals surface area contributed by atoms with Gasteiger partial charge in [0.05, 0.1) is 0 Å². The Bertz CT molecular complexity index is 456. The zero-order valence-corrected chi connectivity index (χ0v) is 10.1. The largest absolute Gasteiger partial charge is 0.486 e. The second-order valence-corrected chi connectivity index (χ2v) is 4.48. The number of ether oxygens (including phenoxy) is 2. The molecule has 0 atom stereocenters. The molecule has 0 spiro atoms. The summed E-state index contributed by atoms with van der Waals surface area (Å²) in [5.41, 5.74) is 0.746. The molecule has 1 aromatic carbocycles. The SMILES string of the molecule is O=C(Nc1ccc2c(c1)OCCO2)N1CCCC1. The number of carbonyl (C=O) groups excluding carboxylic acids is 1. The molecule has 5 nitrogen and oxygen atoms in total. The number of fused-ring (bicyclic) bond motifs is 1. The van der Waals surface area contributed by atoms with Gasteiger partial charge in [0.25, 0.3) is 0 Å². The predicted octanol–water partition coefficient (Wildman–Crippen LogP) is 2.09. The number of hydrogen-bond donors (Lipinski definition) is 1. The van der Waals surface area contributed by atoms with Gasteiger partial charge in [0.1, 0.15) is 13.2 Å². The minimum absolute atomic E-state index is 0.0378. The van der Waals surface area contributed by atoms with Crippen molar-refractivity contribution in [2.45, 2.75) is 12.8 Å². The number of nitrogens with zero attached hydrogens (tertiary/aromatic N) is 1. The van der Waals surface area contributed by atoms with Crippen LogP contribution in [0.3, 0.4) is 0 Å². The highest BCUT2D eigenvalue weighted by molar-refractivity contribution is 5.89. The lowest BCUT2D eigenvalue weighted by atomic mass is 10.2. The van der Waals surface area contributed by atoms with E-state index in [9.17, 15) is 4.79 Å². The maximum absolute atomic E-state index is 11.9. The first-order chi connectivity index (χ1) is 8.83. The molecule has 5 heteroatoms. The fourth-order valence-electron chi connectivity index (χ4n) is 2.24. The van der Waals surface area contributed by atoms with Crippen molar-refractivity contribution in [3.63, 3.8) is 0 Å². The van der Waals surface area contributed by atoms with Crippen LogP contribution < -0.4 is 14.8 Å². The molecular formula is C13H16N2O3. The van der Waals surface area contributed by atoms with Crippen LogP contribution in [-0.2, 0) is 0 Å². The molecule has 2 amide bonds. The minimum atomic E-state index is -0.0378. The van der Waals surface area contributed by atoms with Crippen molar-refractivity contribution in [2.75, 3.05) is 31.6 Å². The number of nitrogens with one attached hydrogen (secondary N) is 1. The van der Waals surface area contributed by atoms with Gasteiger partial charge in [-0.25, -0.2) is 4.79 Å². The van der Waals surface area contributed by atoms with Crippen LogP contribution in [0.2, 0.25) is 0 Å². The van der Waals surface area contributed by atoms with E-state index in [1.54, 1.807) is 0 Å². The number of carbonyl (C=O) groups is 1. The number of anilines is 1. The lowest BCUT2D eigenvalue weighted by Crippen LogP contribution is -2.32. The number of amides is 2. The topological polar surface area (TPSA) is 50.8 Å². The van der Waals surface area contributed by atoms with E-state index in [0.29, 0.717) is 19.0 Å². The van der Waals surface area contributed by atoms with Gasteiger partial charge >= 0.3 is 6.03 Å². The number of rotatable bonds is 1. The average Bonchev–Trinajstić information content (AvgIpc) is 2.92. The van der Waals surface area contributed by atoms with Gasteiger partial charge in [-0.15, -0.1) is 0 Å². The van der Waals surface area contributed by atoms with E-state index in [2.05, 4.69) is 5.32 Å². The monoisotopic (exact) mass is 248 g/mol. The number of urea groups is 1. The summed E-state index contributed by atoms with van der Waals surface area (Å²) in [6.45, 7) is 2.82. The molecule has 0 radical (unpaired) electrons. The quantitative estimate of drug-likeness (QED) is 0.828. The zero-order valence-electron chi connectivity index (χ0n) is 10.1. The van der Waals surface area contributed by atoms with Crippen molar-refractivity contribution >= 4 is 11.7 Å². The summed E-state index contributed by atoms with van der Waals surface area (Å²) in [4.78, 5) is 13.8. The fraction of sp³-hybridized carbons (Fsp3) is 0.462. The van der Waals surface area contributed by atoms with Crippen LogP contribution in [-0.4, -0.2) is 37.2 Å². The molecule has 2 aliphatic heterocycles. The Morgan fingerprint density at radius 1 is 1.11 bits per heavy atom. The Hall–Kier alpha value is -1.91. The first-order valence-corrected chi connectivity index (χ1v) is 6.28. The van der Waals surface area contributed by atoms with Crippen LogP contribution in [0.4, 0.5) is 10.5 Å². The van der Waals surface area contributed by atoms with Gasteiger partial charge in [0, 0.05) is 24.8 Å². The van der Waals surface area contributed by atoms with Gasteiger partial charge in [-0.1, -0.05) is 0 Å². The molecule has 1 fully saturated rings. The summed E-state index contributed by atoms with van der Waals surface area (Å²) in [5.74, 6) is 1.43. The molecule has 1 saturated heterocycles. The lowest BCUT2D eigenvalue weighted by molar-refractivity contribution is 0.171. The van der Waals surface area contributed by atoms with E-state index >= 15 is 0 Å². The van der Waals surface area contributed by atoms with E-state index < -0.39 is 0 Å². The number of hydrogen-bond acceptors (Lipinski definition) is 3. The molecule has 2 heterocycles. The number of likely N-dealkylation sites (tertiary alicyclic amines) is 1. The first kappa shape index (κ1) is 11.2. The van der Waals surface area contributed by atoms with Crippen molar-refractivity contribution in [3.8, 4) is 11.5 Å². The molecule has 96 valence electrons. The highest BCUT2D eigenvalue weighted by Crippen LogP contribution is 2.32. The van der Waals surface area contributed by atoms with Crippen LogP contribution in [0.1, 0.15) is 12.8 Å². The average molecular weight is 248 g/mol. The predicted molar refractivity (Wildman–Crippen MR) is 67.3 cm³/mol. The van der Waals surface area contributed by atoms with Crippen molar-refractivity contribution < 1.29 is 14.3 Å². The summed E-state index contributed by atoms with van der Waals surface area (Å²) in [6.07, 6.45) is 2.18. The van der Waals surface area contributed by atoms with E-state index in [4.69, 9.17) is 9.47 Å². The van der Waals surface area contributed by atoms with Crippen LogP contribution in [0.15, 0.2) is 18.2 Å². The summed E-state index contributed by atoms with van der Waals surface area (Å²) in [7, 11) is 0. The standard InChI is InChI=1S/C13H16N2O3/c16-13(15-5-1-2-6-15)14-10-3-4-11-12(9-10)18-8-7-17-11/h3-4,9H,1-2,5-8H2,(H,14,16). The van der Waals surface area contributed by atoms with Crippen LogP contribution in [0.5, 0.6) is 11.5 Å². The van der Waals surface area contributed by atoms with Gasteiger partial charge in [-0.05, 0) is 25.0 Å². The Labute approximate surface area is 106 Å². The van der Waals surface area contributed by atoms with Gasteiger partial charge in [-0.3, -0.25) is 0 Å². The smallest absolute Gasteiger partial charge is 0.321 e. The van der Waals surface area contributed by atoms with E-state index in [0.717, 1.165) is 37.4 Å². The summed E-state index contributed by atoms with van der Waals surface area (Å²) in [6, 6.07) is 5.43. The first-order valence-electron chi connectivity index (χ1n) is 6.28. The van der Waals surface area contributed by atoms with Crippen molar-refractivity contribution in [1.82, 2.24) is 4.90 Å². The van der Waals surface area contributed by atoms with Crippen molar-refractivity contribution in [1.29, 1.82) is 0 Å². The molecule has 0 bridgehead atoms. The summed E-state index contributed by atoms with van der Waals surface area (Å²) in [5, 5.41) is 2.89. The molecule has 18 heavy (non-hydrogen) atoms. The van der Waals surface area contributed by atoms with E-state index in [1.807, 2.05) is 23.1 Å². The highest BCUT2D eigenvalue weighted by atomic mass is 16.6. The maximum atomic E-state index is 11.9. The molecule has 2 aliphatic rings. The summed E-state index contributed by atoms with van der Waals surface area (Å²) >= 11 is 0. The van der Waals surface area contributed by atoms with Gasteiger partial charge in [0.15, 0.2) is 11.5 Å². The highest BCUT2D eigenvalue weighted by Gasteiger charge is 2.18. The molecule has 3 rings (SSSR count). The third-order valence-corrected chi connectivity index (χ3v) is 3.19. The molecule has 0 saturated carbocycles. The minimum Gasteiger partial charge on any atom is -0.486 e. The van der Waals surface area contributed by atoms with E-state index in [-0.39, 0.29) is 6.03 Å². The Kier molecular flexibility index (Phi) is 2.96. The molecule has 0 aliphatic carbocycles. The molecule has 1 aromatic rings. The third-order valence-electron chi connectivity index (χ3n) is 3.19. The molecule has 1 N–H and O–H groups in total. The zero-order chi connectivity index (χ0) is 12.4. The van der Waals surface area contributed by atoms with Crippen LogP contribution in [0, 0.1) is 0 Å². The van der Waals surface area contributed by atoms with Crippen molar-refractivity contribution in [2.24, 2.45) is 0 Å². The van der Waals surface area contributed by atoms with Crippen LogP contribution >= 0.6 is 0 Å². The Morgan fingerprint density at radius 2 is 1.83 bits per heavy atom. The van der Waals surface area contributed by atoms with Gasteiger partial charge in [0.2, 0.25) is 0 Å². The Morgan fingerprint density at radius 3 is 2.61 bits per heavy atom. The fourth-order valence-corrected chi connectivity index (χ4v) is 2.24. The van der Waals surface area contributed by atoms with Crippen LogP contribution in [0.25, 0.3) is 0 Å². The molecular weight excluding hydrogens is 232 g/mol. The second kappa shape index (κ2) is 4.76. The van der Waals surface area contributed by atoms with Gasteiger partial charge < -0.3 is 19.7 Å². The normalized spacial score (nSPS) is 17.7.